The first kappa shape index (κ1) is 17.8. The van der Waals surface area contributed by atoms with Gasteiger partial charge in [0.1, 0.15) is 11.3 Å². The minimum Gasteiger partial charge on any atom is -0.496 e. The van der Waals surface area contributed by atoms with E-state index in [0.29, 0.717) is 17.0 Å². The van der Waals surface area contributed by atoms with Gasteiger partial charge in [0.2, 0.25) is 0 Å². The molecule has 1 saturated heterocycles. The second kappa shape index (κ2) is 7.09. The molecule has 2 aromatic carbocycles. The van der Waals surface area contributed by atoms with Gasteiger partial charge in [-0.1, -0.05) is 30.3 Å². The molecule has 26 heavy (non-hydrogen) atoms. The van der Waals surface area contributed by atoms with E-state index in [0.717, 1.165) is 11.1 Å². The molecule has 5 nitrogen and oxygen atoms in total. The predicted molar refractivity (Wildman–Crippen MR) is 105 cm³/mol. The van der Waals surface area contributed by atoms with Crippen LogP contribution in [0.5, 0.6) is 5.75 Å². The van der Waals surface area contributed by atoms with E-state index in [1.165, 1.54) is 18.1 Å². The van der Waals surface area contributed by atoms with E-state index in [1.807, 2.05) is 44.2 Å². The number of thiocarbonyl (C=S) groups is 1. The summed E-state index contributed by atoms with van der Waals surface area (Å²) in [6.45, 7) is 3.88. The molecule has 1 aliphatic heterocycles. The highest BCUT2D eigenvalue weighted by molar-refractivity contribution is 7.80. The van der Waals surface area contributed by atoms with Crippen LogP contribution in [-0.4, -0.2) is 24.0 Å². The van der Waals surface area contributed by atoms with Gasteiger partial charge in [-0.2, -0.15) is 0 Å². The van der Waals surface area contributed by atoms with Crippen molar-refractivity contribution in [3.63, 3.8) is 0 Å². The molecular weight excluding hydrogens is 348 g/mol. The molecule has 0 bridgehead atoms. The molecule has 0 saturated carbocycles. The number of ether oxygens (including phenoxy) is 1. The van der Waals surface area contributed by atoms with Crippen LogP contribution < -0.4 is 15.0 Å². The minimum absolute atomic E-state index is 0.00371. The zero-order chi connectivity index (χ0) is 18.8. The molecule has 2 amide bonds. The van der Waals surface area contributed by atoms with Crippen molar-refractivity contribution in [3.05, 3.63) is 64.7 Å². The Bertz CT molecular complexity index is 950. The topological polar surface area (TPSA) is 58.6 Å². The maximum absolute atomic E-state index is 13.1. The van der Waals surface area contributed by atoms with Crippen LogP contribution in [0.2, 0.25) is 0 Å². The number of anilines is 1. The van der Waals surface area contributed by atoms with Crippen LogP contribution in [0.1, 0.15) is 16.7 Å². The average Bonchev–Trinajstić information content (AvgIpc) is 2.62. The van der Waals surface area contributed by atoms with Gasteiger partial charge in [0.15, 0.2) is 5.11 Å². The molecule has 1 heterocycles. The van der Waals surface area contributed by atoms with Gasteiger partial charge in [-0.05, 0) is 55.4 Å². The van der Waals surface area contributed by atoms with E-state index in [2.05, 4.69) is 5.32 Å². The average molecular weight is 366 g/mol. The van der Waals surface area contributed by atoms with Gasteiger partial charge in [-0.3, -0.25) is 19.8 Å². The van der Waals surface area contributed by atoms with E-state index in [-0.39, 0.29) is 10.7 Å². The van der Waals surface area contributed by atoms with E-state index in [4.69, 9.17) is 17.0 Å². The van der Waals surface area contributed by atoms with Gasteiger partial charge in [0.25, 0.3) is 11.8 Å². The van der Waals surface area contributed by atoms with Crippen molar-refractivity contribution in [2.75, 3.05) is 12.0 Å². The van der Waals surface area contributed by atoms with Crippen LogP contribution in [-0.2, 0) is 9.59 Å². The normalized spacial score (nSPS) is 16.0. The molecule has 0 atom stereocenters. The smallest absolute Gasteiger partial charge is 0.270 e. The van der Waals surface area contributed by atoms with Crippen molar-refractivity contribution in [2.45, 2.75) is 13.8 Å². The molecule has 1 aliphatic rings. The number of benzene rings is 2. The third-order valence-electron chi connectivity index (χ3n) is 4.36. The molecule has 0 aliphatic carbocycles. The summed E-state index contributed by atoms with van der Waals surface area (Å²) in [7, 11) is 1.54. The number of aryl methyl sites for hydroxylation is 1. The predicted octanol–water partition coefficient (Wildman–Crippen LogP) is 3.14. The number of carbonyl (C=O) groups is 2. The Kier molecular flexibility index (Phi) is 4.86. The summed E-state index contributed by atoms with van der Waals surface area (Å²) in [4.78, 5) is 26.8. The van der Waals surface area contributed by atoms with Gasteiger partial charge in [0.05, 0.1) is 12.8 Å². The van der Waals surface area contributed by atoms with E-state index in [9.17, 15) is 9.59 Å². The lowest BCUT2D eigenvalue weighted by Gasteiger charge is -2.30. The lowest BCUT2D eigenvalue weighted by molar-refractivity contribution is -0.122. The number of nitrogens with zero attached hydrogens (tertiary/aromatic N) is 1. The summed E-state index contributed by atoms with van der Waals surface area (Å²) in [6, 6.07) is 12.8. The fourth-order valence-corrected chi connectivity index (χ4v) is 3.07. The maximum atomic E-state index is 13.1. The zero-order valence-electron chi connectivity index (χ0n) is 14.7. The maximum Gasteiger partial charge on any atom is 0.270 e. The highest BCUT2D eigenvalue weighted by atomic mass is 32.1. The Morgan fingerprint density at radius 3 is 2.54 bits per heavy atom. The lowest BCUT2D eigenvalue weighted by Crippen LogP contribution is -2.54. The Labute approximate surface area is 157 Å². The van der Waals surface area contributed by atoms with Crippen molar-refractivity contribution < 1.29 is 14.3 Å². The third kappa shape index (κ3) is 3.11. The molecule has 0 radical (unpaired) electrons. The van der Waals surface area contributed by atoms with Crippen LogP contribution in [0.4, 0.5) is 5.69 Å². The highest BCUT2D eigenvalue weighted by Gasteiger charge is 2.35. The number of para-hydroxylation sites is 1. The molecule has 0 spiro atoms. The first-order valence-corrected chi connectivity index (χ1v) is 8.45. The molecule has 1 N–H and O–H groups in total. The third-order valence-corrected chi connectivity index (χ3v) is 4.64. The Hall–Kier alpha value is -2.99. The van der Waals surface area contributed by atoms with Crippen LogP contribution in [0, 0.1) is 13.8 Å². The van der Waals surface area contributed by atoms with Crippen molar-refractivity contribution in [1.29, 1.82) is 0 Å². The Morgan fingerprint density at radius 1 is 1.08 bits per heavy atom. The first-order chi connectivity index (χ1) is 12.4. The fourth-order valence-electron chi connectivity index (χ4n) is 2.80. The number of methoxy groups -OCH3 is 1. The molecule has 3 rings (SSSR count). The van der Waals surface area contributed by atoms with Crippen LogP contribution in [0.25, 0.3) is 6.08 Å². The van der Waals surface area contributed by atoms with Gasteiger partial charge in [-0.25, -0.2) is 0 Å². The number of hydrogen-bond donors (Lipinski definition) is 1. The Morgan fingerprint density at radius 2 is 1.81 bits per heavy atom. The van der Waals surface area contributed by atoms with E-state index >= 15 is 0 Å². The Balaban J connectivity index is 2.09. The molecular formula is C20H18N2O3S. The number of hydrogen-bond acceptors (Lipinski definition) is 4. The van der Waals surface area contributed by atoms with Gasteiger partial charge < -0.3 is 4.74 Å². The summed E-state index contributed by atoms with van der Waals surface area (Å²) in [5.41, 5.74) is 3.26. The molecule has 0 aromatic heterocycles. The first-order valence-electron chi connectivity index (χ1n) is 8.04. The largest absolute Gasteiger partial charge is 0.496 e. The number of rotatable bonds is 3. The highest BCUT2D eigenvalue weighted by Crippen LogP contribution is 2.28. The van der Waals surface area contributed by atoms with Gasteiger partial charge in [0, 0.05) is 5.56 Å². The molecule has 1 fully saturated rings. The van der Waals surface area contributed by atoms with E-state index < -0.39 is 11.8 Å². The number of nitrogens with one attached hydrogen (secondary N) is 1. The molecule has 6 heteroatoms. The van der Waals surface area contributed by atoms with Crippen LogP contribution in [0.15, 0.2) is 48.0 Å². The summed E-state index contributed by atoms with van der Waals surface area (Å²) >= 11 is 5.25. The van der Waals surface area contributed by atoms with Crippen molar-refractivity contribution >= 4 is 40.9 Å². The standard InChI is InChI=1S/C20H18N2O3S/c1-12-7-6-9-16(13(12)2)22-19(24)15(18(23)21-20(22)26)11-14-8-4-5-10-17(14)25-3/h4-11H,1-3H3,(H,21,23,26)/b15-11+. The summed E-state index contributed by atoms with van der Waals surface area (Å²) in [6.07, 6.45) is 1.52. The molecule has 132 valence electrons. The van der Waals surface area contributed by atoms with E-state index in [1.54, 1.807) is 12.1 Å². The quantitative estimate of drug-likeness (QED) is 0.515. The monoisotopic (exact) mass is 366 g/mol. The van der Waals surface area contributed by atoms with Crippen molar-refractivity contribution in [2.24, 2.45) is 0 Å². The molecule has 0 unspecified atom stereocenters. The number of amides is 2. The SMILES string of the molecule is COc1ccccc1/C=C1\C(=O)NC(=S)N(c2cccc(C)c2C)C1=O. The van der Waals surface area contributed by atoms with Crippen molar-refractivity contribution in [3.8, 4) is 5.75 Å². The minimum atomic E-state index is -0.521. The number of carbonyl (C=O) groups excluding carboxylic acids is 2. The molecule has 2 aromatic rings. The second-order valence-corrected chi connectivity index (χ2v) is 6.31. The van der Waals surface area contributed by atoms with Crippen molar-refractivity contribution in [1.82, 2.24) is 5.32 Å². The summed E-state index contributed by atoms with van der Waals surface area (Å²) in [5, 5.41) is 2.68. The van der Waals surface area contributed by atoms with Crippen LogP contribution in [0.3, 0.4) is 0 Å². The van der Waals surface area contributed by atoms with Gasteiger partial charge in [-0.15, -0.1) is 0 Å². The fraction of sp³-hybridized carbons (Fsp3) is 0.150. The van der Waals surface area contributed by atoms with Gasteiger partial charge >= 0.3 is 0 Å². The lowest BCUT2D eigenvalue weighted by atomic mass is 10.0. The van der Waals surface area contributed by atoms with Crippen LogP contribution >= 0.6 is 12.2 Å². The summed E-state index contributed by atoms with van der Waals surface area (Å²) in [5.74, 6) is -0.405. The zero-order valence-corrected chi connectivity index (χ0v) is 15.5. The summed E-state index contributed by atoms with van der Waals surface area (Å²) < 4.78 is 5.30. The second-order valence-electron chi connectivity index (χ2n) is 5.92.